The summed E-state index contributed by atoms with van der Waals surface area (Å²) >= 11 is 0. The van der Waals surface area contributed by atoms with Gasteiger partial charge in [0.05, 0.1) is 12.6 Å². The molecule has 1 aromatic heterocycles. The standard InChI is InChI=1S/C17H21N5O2/c18-16(23)17-19-11-22(20-17)14-2-1-6-21(10-14)9-12-3-4-15-13(8-12)5-7-24-15/h3-4,8,11,14H,1-2,5-7,9-10H2,(H2,18,23). The minimum atomic E-state index is -0.582. The summed E-state index contributed by atoms with van der Waals surface area (Å²) in [5.74, 6) is 0.532. The van der Waals surface area contributed by atoms with Gasteiger partial charge < -0.3 is 10.5 Å². The average molecular weight is 327 g/mol. The molecule has 126 valence electrons. The molecule has 2 aliphatic rings. The minimum Gasteiger partial charge on any atom is -0.493 e. The van der Waals surface area contributed by atoms with E-state index in [2.05, 4.69) is 33.2 Å². The largest absolute Gasteiger partial charge is 0.493 e. The lowest BCUT2D eigenvalue weighted by Gasteiger charge is -2.32. The highest BCUT2D eigenvalue weighted by Crippen LogP contribution is 2.27. The van der Waals surface area contributed by atoms with E-state index in [1.165, 1.54) is 11.1 Å². The molecule has 0 radical (unpaired) electrons. The molecule has 1 saturated heterocycles. The van der Waals surface area contributed by atoms with Crippen molar-refractivity contribution in [3.05, 3.63) is 41.5 Å². The molecule has 0 aliphatic carbocycles. The van der Waals surface area contributed by atoms with Crippen LogP contribution in [0.4, 0.5) is 0 Å². The fourth-order valence-electron chi connectivity index (χ4n) is 3.55. The monoisotopic (exact) mass is 327 g/mol. The number of fused-ring (bicyclic) bond motifs is 1. The van der Waals surface area contributed by atoms with Crippen LogP contribution in [-0.4, -0.2) is 45.3 Å². The van der Waals surface area contributed by atoms with Crippen molar-refractivity contribution in [1.29, 1.82) is 0 Å². The van der Waals surface area contributed by atoms with E-state index in [0.717, 1.165) is 51.3 Å². The first kappa shape index (κ1) is 15.1. The van der Waals surface area contributed by atoms with Gasteiger partial charge in [0, 0.05) is 19.5 Å². The topological polar surface area (TPSA) is 86.3 Å². The third-order valence-corrected chi connectivity index (χ3v) is 4.74. The molecule has 3 heterocycles. The lowest BCUT2D eigenvalue weighted by molar-refractivity contribution is 0.0989. The smallest absolute Gasteiger partial charge is 0.288 e. The SMILES string of the molecule is NC(=O)c1ncn(C2CCCN(Cc3ccc4c(c3)CCO4)C2)n1. The Balaban J connectivity index is 1.43. The van der Waals surface area contributed by atoms with Gasteiger partial charge in [-0.1, -0.05) is 12.1 Å². The lowest BCUT2D eigenvalue weighted by atomic mass is 10.0. The Bertz CT molecular complexity index is 757. The van der Waals surface area contributed by atoms with Crippen molar-refractivity contribution in [2.24, 2.45) is 5.73 Å². The van der Waals surface area contributed by atoms with Crippen molar-refractivity contribution in [2.75, 3.05) is 19.7 Å². The van der Waals surface area contributed by atoms with E-state index < -0.39 is 5.91 Å². The number of hydrogen-bond acceptors (Lipinski definition) is 5. The third-order valence-electron chi connectivity index (χ3n) is 4.74. The van der Waals surface area contributed by atoms with E-state index in [1.54, 1.807) is 11.0 Å². The van der Waals surface area contributed by atoms with Gasteiger partial charge in [0.15, 0.2) is 0 Å². The van der Waals surface area contributed by atoms with E-state index in [9.17, 15) is 4.79 Å². The zero-order valence-corrected chi connectivity index (χ0v) is 13.5. The Labute approximate surface area is 140 Å². The zero-order chi connectivity index (χ0) is 16.5. The van der Waals surface area contributed by atoms with Gasteiger partial charge in [-0.25, -0.2) is 9.67 Å². The van der Waals surface area contributed by atoms with Crippen LogP contribution in [0.3, 0.4) is 0 Å². The number of aromatic nitrogens is 3. The number of carbonyl (C=O) groups is 1. The highest BCUT2D eigenvalue weighted by molar-refractivity contribution is 5.88. The molecule has 1 amide bonds. The second kappa shape index (κ2) is 6.24. The Morgan fingerprint density at radius 1 is 1.42 bits per heavy atom. The van der Waals surface area contributed by atoms with Crippen LogP contribution >= 0.6 is 0 Å². The Kier molecular flexibility index (Phi) is 3.93. The first-order valence-electron chi connectivity index (χ1n) is 8.37. The number of piperidine rings is 1. The summed E-state index contributed by atoms with van der Waals surface area (Å²) in [6.45, 7) is 3.68. The van der Waals surface area contributed by atoms with Crippen LogP contribution in [0, 0.1) is 0 Å². The van der Waals surface area contributed by atoms with Crippen LogP contribution in [0.2, 0.25) is 0 Å². The van der Waals surface area contributed by atoms with E-state index in [0.29, 0.717) is 0 Å². The Hall–Kier alpha value is -2.41. The Morgan fingerprint density at radius 3 is 3.17 bits per heavy atom. The molecule has 2 aliphatic heterocycles. The second-order valence-corrected chi connectivity index (χ2v) is 6.48. The van der Waals surface area contributed by atoms with Crippen molar-refractivity contribution < 1.29 is 9.53 Å². The number of amides is 1. The van der Waals surface area contributed by atoms with Crippen LogP contribution in [0.25, 0.3) is 0 Å². The number of carbonyl (C=O) groups excluding carboxylic acids is 1. The van der Waals surface area contributed by atoms with Crippen molar-refractivity contribution in [1.82, 2.24) is 19.7 Å². The molecule has 2 N–H and O–H groups in total. The molecule has 7 heteroatoms. The first-order chi connectivity index (χ1) is 11.7. The van der Waals surface area contributed by atoms with Crippen LogP contribution in [0.1, 0.15) is 40.6 Å². The maximum absolute atomic E-state index is 11.2. The number of hydrogen-bond donors (Lipinski definition) is 1. The van der Waals surface area contributed by atoms with Crippen LogP contribution in [0.15, 0.2) is 24.5 Å². The molecule has 0 saturated carbocycles. The maximum Gasteiger partial charge on any atom is 0.288 e. The summed E-state index contributed by atoms with van der Waals surface area (Å²) in [6.07, 6.45) is 4.75. The summed E-state index contributed by atoms with van der Waals surface area (Å²) in [5, 5.41) is 4.21. The predicted octanol–water partition coefficient (Wildman–Crippen LogP) is 1.15. The van der Waals surface area contributed by atoms with Gasteiger partial charge in [-0.2, -0.15) is 0 Å². The van der Waals surface area contributed by atoms with Crippen molar-refractivity contribution >= 4 is 5.91 Å². The highest BCUT2D eigenvalue weighted by atomic mass is 16.5. The molecular weight excluding hydrogens is 306 g/mol. The number of likely N-dealkylation sites (tertiary alicyclic amines) is 1. The number of nitrogens with two attached hydrogens (primary N) is 1. The first-order valence-corrected chi connectivity index (χ1v) is 8.37. The Morgan fingerprint density at radius 2 is 2.33 bits per heavy atom. The number of primary amides is 1. The second-order valence-electron chi connectivity index (χ2n) is 6.48. The summed E-state index contributed by atoms with van der Waals surface area (Å²) in [4.78, 5) is 17.6. The van der Waals surface area contributed by atoms with Gasteiger partial charge in [-0.3, -0.25) is 9.69 Å². The average Bonchev–Trinajstić information content (AvgIpc) is 3.24. The van der Waals surface area contributed by atoms with Crippen molar-refractivity contribution in [2.45, 2.75) is 31.8 Å². The van der Waals surface area contributed by atoms with Crippen molar-refractivity contribution in [3.8, 4) is 5.75 Å². The molecule has 0 bridgehead atoms. The summed E-state index contributed by atoms with van der Waals surface area (Å²) < 4.78 is 7.35. The normalized spacial score (nSPS) is 20.6. The van der Waals surface area contributed by atoms with Gasteiger partial charge in [0.25, 0.3) is 5.91 Å². The number of ether oxygens (including phenoxy) is 1. The highest BCUT2D eigenvalue weighted by Gasteiger charge is 2.23. The molecule has 2 aromatic rings. The quantitative estimate of drug-likeness (QED) is 0.910. The fraction of sp³-hybridized carbons (Fsp3) is 0.471. The predicted molar refractivity (Wildman–Crippen MR) is 87.7 cm³/mol. The number of rotatable bonds is 4. The van der Waals surface area contributed by atoms with Crippen LogP contribution < -0.4 is 10.5 Å². The molecule has 1 atom stereocenters. The number of benzene rings is 1. The lowest BCUT2D eigenvalue weighted by Crippen LogP contribution is -2.36. The third kappa shape index (κ3) is 2.99. The van der Waals surface area contributed by atoms with Gasteiger partial charge >= 0.3 is 0 Å². The molecule has 1 fully saturated rings. The molecule has 24 heavy (non-hydrogen) atoms. The maximum atomic E-state index is 11.2. The van der Waals surface area contributed by atoms with E-state index in [1.807, 2.05) is 0 Å². The molecular formula is C17H21N5O2. The van der Waals surface area contributed by atoms with Crippen LogP contribution in [0.5, 0.6) is 5.75 Å². The van der Waals surface area contributed by atoms with Crippen molar-refractivity contribution in [3.63, 3.8) is 0 Å². The molecule has 7 nitrogen and oxygen atoms in total. The van der Waals surface area contributed by atoms with E-state index in [4.69, 9.17) is 10.5 Å². The number of nitrogens with zero attached hydrogens (tertiary/aromatic N) is 4. The van der Waals surface area contributed by atoms with Gasteiger partial charge in [-0.15, -0.1) is 5.10 Å². The van der Waals surface area contributed by atoms with Gasteiger partial charge in [-0.05, 0) is 36.6 Å². The summed E-state index contributed by atoms with van der Waals surface area (Å²) in [6, 6.07) is 6.72. The molecule has 4 rings (SSSR count). The summed E-state index contributed by atoms with van der Waals surface area (Å²) in [7, 11) is 0. The van der Waals surface area contributed by atoms with Gasteiger partial charge in [0.1, 0.15) is 12.1 Å². The van der Waals surface area contributed by atoms with Crippen LogP contribution in [-0.2, 0) is 13.0 Å². The minimum absolute atomic E-state index is 0.0887. The van der Waals surface area contributed by atoms with E-state index >= 15 is 0 Å². The van der Waals surface area contributed by atoms with Gasteiger partial charge in [0.2, 0.25) is 5.82 Å². The zero-order valence-electron chi connectivity index (χ0n) is 13.5. The fourth-order valence-corrected chi connectivity index (χ4v) is 3.55. The van der Waals surface area contributed by atoms with E-state index in [-0.39, 0.29) is 11.9 Å². The molecule has 1 unspecified atom stereocenters. The molecule has 1 aromatic carbocycles. The molecule has 0 spiro atoms. The summed E-state index contributed by atoms with van der Waals surface area (Å²) in [5.41, 5.74) is 7.86.